The van der Waals surface area contributed by atoms with Gasteiger partial charge in [-0.05, 0) is 24.6 Å². The van der Waals surface area contributed by atoms with Gasteiger partial charge < -0.3 is 13.9 Å². The molecule has 138 valence electrons. The highest BCUT2D eigenvalue weighted by Gasteiger charge is 2.32. The fraction of sp³-hybridized carbons (Fsp3) is 1.00. The third-order valence-corrected chi connectivity index (χ3v) is 9.69. The molecule has 1 rings (SSSR count). The lowest BCUT2D eigenvalue weighted by Crippen LogP contribution is -2.37. The Morgan fingerprint density at radius 3 is 1.91 bits per heavy atom. The first-order valence-corrected chi connectivity index (χ1v) is 12.5. The summed E-state index contributed by atoms with van der Waals surface area (Å²) in [6, 6.07) is 3.97. The highest BCUT2D eigenvalue weighted by molar-refractivity contribution is 6.73. The third-order valence-electron chi connectivity index (χ3n) is 5.03. The van der Waals surface area contributed by atoms with Crippen LogP contribution < -0.4 is 0 Å². The average molecular weight is 345 g/mol. The standard InChI is InChI=1S/C19H40O3Si/c1-4-6-8-10-14-23(20-3,15-11-9-7-5-2)16-12-13-21-17-19-18-22-19/h19H,4-18H2,1-3H3. The van der Waals surface area contributed by atoms with Crippen molar-refractivity contribution in [3.8, 4) is 0 Å². The van der Waals surface area contributed by atoms with Crippen LogP contribution in [0.1, 0.15) is 71.6 Å². The van der Waals surface area contributed by atoms with E-state index in [9.17, 15) is 0 Å². The van der Waals surface area contributed by atoms with E-state index >= 15 is 0 Å². The number of ether oxygens (including phenoxy) is 2. The minimum absolute atomic E-state index is 0.391. The first-order chi connectivity index (χ1) is 11.3. The molecule has 0 radical (unpaired) electrons. The van der Waals surface area contributed by atoms with E-state index in [0.717, 1.165) is 26.2 Å². The molecule has 1 unspecified atom stereocenters. The van der Waals surface area contributed by atoms with Crippen LogP contribution in [0.25, 0.3) is 0 Å². The molecule has 1 aliphatic rings. The number of unbranched alkanes of at least 4 members (excludes halogenated alkanes) is 6. The zero-order valence-corrected chi connectivity index (χ0v) is 16.9. The Kier molecular flexibility index (Phi) is 12.3. The largest absolute Gasteiger partial charge is 0.420 e. The van der Waals surface area contributed by atoms with Crippen molar-refractivity contribution in [1.82, 2.24) is 0 Å². The lowest BCUT2D eigenvalue weighted by atomic mass is 10.2. The molecule has 0 aromatic heterocycles. The van der Waals surface area contributed by atoms with Crippen molar-refractivity contribution in [3.05, 3.63) is 0 Å². The maximum Gasteiger partial charge on any atom is 0.192 e. The highest BCUT2D eigenvalue weighted by atomic mass is 28.4. The molecule has 0 N–H and O–H groups in total. The van der Waals surface area contributed by atoms with Crippen LogP contribution in [-0.4, -0.2) is 41.4 Å². The highest BCUT2D eigenvalue weighted by Crippen LogP contribution is 2.29. The Hall–Kier alpha value is 0.0969. The Bertz CT molecular complexity index is 257. The summed E-state index contributed by atoms with van der Waals surface area (Å²) in [5, 5.41) is 0. The summed E-state index contributed by atoms with van der Waals surface area (Å²) >= 11 is 0. The second kappa shape index (κ2) is 13.4. The third kappa shape index (κ3) is 10.5. The van der Waals surface area contributed by atoms with Crippen molar-refractivity contribution < 1.29 is 13.9 Å². The Labute approximate surface area is 145 Å². The normalized spacial score (nSPS) is 17.6. The molecular weight excluding hydrogens is 304 g/mol. The SMILES string of the molecule is CCCCCC[Si](CCCCCC)(CCCOCC1CO1)OC. The van der Waals surface area contributed by atoms with Crippen molar-refractivity contribution in [1.29, 1.82) is 0 Å². The predicted molar refractivity (Wildman–Crippen MR) is 101 cm³/mol. The van der Waals surface area contributed by atoms with Crippen LogP contribution in [0.5, 0.6) is 0 Å². The van der Waals surface area contributed by atoms with Gasteiger partial charge in [0, 0.05) is 13.7 Å². The maximum atomic E-state index is 6.20. The van der Waals surface area contributed by atoms with Crippen LogP contribution in [0.15, 0.2) is 0 Å². The molecule has 0 spiro atoms. The van der Waals surface area contributed by atoms with Crippen LogP contribution in [0.4, 0.5) is 0 Å². The van der Waals surface area contributed by atoms with Gasteiger partial charge in [0.25, 0.3) is 0 Å². The predicted octanol–water partition coefficient (Wildman–Crippen LogP) is 5.54. The van der Waals surface area contributed by atoms with Crippen molar-refractivity contribution in [3.63, 3.8) is 0 Å². The monoisotopic (exact) mass is 344 g/mol. The molecule has 4 heteroatoms. The molecular formula is C19H40O3Si. The zero-order valence-electron chi connectivity index (χ0n) is 15.9. The quantitative estimate of drug-likeness (QED) is 0.197. The van der Waals surface area contributed by atoms with Crippen LogP contribution in [0, 0.1) is 0 Å². The van der Waals surface area contributed by atoms with Crippen molar-refractivity contribution in [2.45, 2.75) is 95.9 Å². The summed E-state index contributed by atoms with van der Waals surface area (Å²) in [6.07, 6.45) is 12.4. The van der Waals surface area contributed by atoms with E-state index in [1.54, 1.807) is 0 Å². The number of epoxide rings is 1. The van der Waals surface area contributed by atoms with Gasteiger partial charge in [-0.3, -0.25) is 0 Å². The lowest BCUT2D eigenvalue weighted by molar-refractivity contribution is 0.116. The van der Waals surface area contributed by atoms with Crippen LogP contribution in [0.3, 0.4) is 0 Å². The molecule has 1 atom stereocenters. The van der Waals surface area contributed by atoms with Gasteiger partial charge in [0.2, 0.25) is 0 Å². The van der Waals surface area contributed by atoms with Crippen LogP contribution in [-0.2, 0) is 13.9 Å². The minimum Gasteiger partial charge on any atom is -0.420 e. The van der Waals surface area contributed by atoms with E-state index in [0.29, 0.717) is 6.10 Å². The second-order valence-corrected chi connectivity index (χ2v) is 11.4. The van der Waals surface area contributed by atoms with E-state index in [2.05, 4.69) is 13.8 Å². The first-order valence-electron chi connectivity index (χ1n) is 10.0. The molecule has 0 aromatic rings. The summed E-state index contributed by atoms with van der Waals surface area (Å²) in [4.78, 5) is 0. The Morgan fingerprint density at radius 2 is 1.43 bits per heavy atom. The summed E-state index contributed by atoms with van der Waals surface area (Å²) < 4.78 is 17.1. The summed E-state index contributed by atoms with van der Waals surface area (Å²) in [5.41, 5.74) is 0. The molecule has 0 saturated carbocycles. The average Bonchev–Trinajstić information content (AvgIpc) is 3.39. The number of hydrogen-bond donors (Lipinski definition) is 0. The van der Waals surface area contributed by atoms with Crippen molar-refractivity contribution in [2.75, 3.05) is 26.9 Å². The van der Waals surface area contributed by atoms with Gasteiger partial charge in [-0.1, -0.05) is 65.2 Å². The molecule has 0 amide bonds. The maximum absolute atomic E-state index is 6.20. The molecule has 23 heavy (non-hydrogen) atoms. The zero-order chi connectivity index (χ0) is 16.8. The van der Waals surface area contributed by atoms with Gasteiger partial charge in [-0.2, -0.15) is 0 Å². The van der Waals surface area contributed by atoms with E-state index in [-0.39, 0.29) is 0 Å². The smallest absolute Gasteiger partial charge is 0.192 e. The fourth-order valence-electron chi connectivity index (χ4n) is 3.30. The first kappa shape index (κ1) is 21.1. The van der Waals surface area contributed by atoms with Crippen molar-refractivity contribution in [2.24, 2.45) is 0 Å². The molecule has 0 aromatic carbocycles. The van der Waals surface area contributed by atoms with Crippen LogP contribution in [0.2, 0.25) is 18.1 Å². The number of hydrogen-bond acceptors (Lipinski definition) is 3. The molecule has 1 heterocycles. The van der Waals surface area contributed by atoms with Gasteiger partial charge in [-0.25, -0.2) is 0 Å². The molecule has 3 nitrogen and oxygen atoms in total. The number of rotatable bonds is 17. The molecule has 0 bridgehead atoms. The molecule has 1 fully saturated rings. The van der Waals surface area contributed by atoms with Gasteiger partial charge in [0.15, 0.2) is 8.32 Å². The van der Waals surface area contributed by atoms with E-state index in [1.165, 1.54) is 69.5 Å². The Morgan fingerprint density at radius 1 is 0.870 bits per heavy atom. The summed E-state index contributed by atoms with van der Waals surface area (Å²) in [7, 11) is 0.435. The van der Waals surface area contributed by atoms with Gasteiger partial charge >= 0.3 is 0 Å². The van der Waals surface area contributed by atoms with E-state index in [4.69, 9.17) is 13.9 Å². The Balaban J connectivity index is 2.28. The van der Waals surface area contributed by atoms with Crippen molar-refractivity contribution >= 4 is 8.32 Å². The minimum atomic E-state index is -1.54. The van der Waals surface area contributed by atoms with Crippen LogP contribution >= 0.6 is 0 Å². The van der Waals surface area contributed by atoms with Gasteiger partial charge in [-0.15, -0.1) is 0 Å². The second-order valence-electron chi connectivity index (χ2n) is 7.14. The molecule has 1 aliphatic heterocycles. The van der Waals surface area contributed by atoms with E-state index in [1.807, 2.05) is 7.11 Å². The van der Waals surface area contributed by atoms with E-state index < -0.39 is 8.32 Å². The van der Waals surface area contributed by atoms with Gasteiger partial charge in [0.1, 0.15) is 6.10 Å². The lowest BCUT2D eigenvalue weighted by Gasteiger charge is -2.30. The molecule has 0 aliphatic carbocycles. The van der Waals surface area contributed by atoms with Gasteiger partial charge in [0.05, 0.1) is 13.2 Å². The topological polar surface area (TPSA) is 31.0 Å². The summed E-state index contributed by atoms with van der Waals surface area (Å²) in [5.74, 6) is 0. The molecule has 1 saturated heterocycles. The summed E-state index contributed by atoms with van der Waals surface area (Å²) in [6.45, 7) is 7.13. The fourth-order valence-corrected chi connectivity index (χ4v) is 7.24.